The summed E-state index contributed by atoms with van der Waals surface area (Å²) in [6, 6.07) is -0.608. The first-order valence-electron chi connectivity index (χ1n) is 5.32. The highest BCUT2D eigenvalue weighted by atomic mass is 32.2. The van der Waals surface area contributed by atoms with Crippen molar-refractivity contribution in [2.75, 3.05) is 17.2 Å². The van der Waals surface area contributed by atoms with Gasteiger partial charge in [0, 0.05) is 6.04 Å². The molecule has 1 fully saturated rings. The molecule has 4 N–H and O–H groups in total. The molecule has 0 amide bonds. The van der Waals surface area contributed by atoms with Gasteiger partial charge in [-0.3, -0.25) is 5.10 Å². The molecule has 18 heavy (non-hydrogen) atoms. The van der Waals surface area contributed by atoms with Gasteiger partial charge in [-0.15, -0.1) is 0 Å². The number of anilines is 1. The summed E-state index contributed by atoms with van der Waals surface area (Å²) in [5.41, 5.74) is 5.43. The van der Waals surface area contributed by atoms with Crippen LogP contribution in [0.3, 0.4) is 0 Å². The highest BCUT2D eigenvalue weighted by molar-refractivity contribution is 7.91. The fourth-order valence-corrected chi connectivity index (χ4v) is 4.93. The molecule has 1 atom stereocenters. The summed E-state index contributed by atoms with van der Waals surface area (Å²) in [6.07, 6.45) is 2.04. The summed E-state index contributed by atoms with van der Waals surface area (Å²) >= 11 is 0. The number of nitrogen functional groups attached to an aromatic ring is 1. The summed E-state index contributed by atoms with van der Waals surface area (Å²) in [4.78, 5) is -0.162. The van der Waals surface area contributed by atoms with Crippen molar-refractivity contribution >= 4 is 25.7 Å². The Kier molecular flexibility index (Phi) is 3.34. The van der Waals surface area contributed by atoms with Gasteiger partial charge in [0.15, 0.2) is 9.84 Å². The number of sulfone groups is 1. The summed E-state index contributed by atoms with van der Waals surface area (Å²) in [6.45, 7) is 0. The van der Waals surface area contributed by atoms with E-state index < -0.39 is 25.9 Å². The van der Waals surface area contributed by atoms with Crippen LogP contribution in [0.4, 0.5) is 5.82 Å². The molecule has 1 aromatic rings. The first-order chi connectivity index (χ1) is 8.30. The number of sulfonamides is 1. The topological polar surface area (TPSA) is 135 Å². The van der Waals surface area contributed by atoms with Crippen LogP contribution in [-0.2, 0) is 19.9 Å². The molecule has 0 spiro atoms. The van der Waals surface area contributed by atoms with E-state index in [1.54, 1.807) is 0 Å². The summed E-state index contributed by atoms with van der Waals surface area (Å²) in [5.74, 6) is -0.135. The minimum Gasteiger partial charge on any atom is -0.383 e. The lowest BCUT2D eigenvalue weighted by Crippen LogP contribution is -2.43. The quantitative estimate of drug-likeness (QED) is 0.644. The number of H-pyrrole nitrogens is 1. The normalized spacial score (nSPS) is 23.9. The van der Waals surface area contributed by atoms with E-state index in [-0.39, 0.29) is 22.2 Å². The summed E-state index contributed by atoms with van der Waals surface area (Å²) in [5, 5.41) is 5.84. The van der Waals surface area contributed by atoms with Gasteiger partial charge >= 0.3 is 0 Å². The van der Waals surface area contributed by atoms with E-state index in [4.69, 9.17) is 5.73 Å². The molecule has 1 saturated heterocycles. The standard InChI is InChI=1S/C8H14N4O4S2/c9-8-7(4-10-11-8)18(15,16)12-6-2-1-3-17(13,14)5-6/h4,6,12H,1-3,5H2,(H3,9,10,11). The average molecular weight is 294 g/mol. The number of hydrogen-bond donors (Lipinski definition) is 3. The van der Waals surface area contributed by atoms with E-state index >= 15 is 0 Å². The van der Waals surface area contributed by atoms with Crippen molar-refractivity contribution in [2.45, 2.75) is 23.8 Å². The zero-order chi connectivity index (χ0) is 13.4. The third-order valence-electron chi connectivity index (χ3n) is 2.71. The highest BCUT2D eigenvalue weighted by Gasteiger charge is 2.30. The predicted octanol–water partition coefficient (Wildman–Crippen LogP) is -1.15. The zero-order valence-electron chi connectivity index (χ0n) is 9.46. The van der Waals surface area contributed by atoms with Gasteiger partial charge in [-0.25, -0.2) is 21.6 Å². The van der Waals surface area contributed by atoms with Crippen molar-refractivity contribution in [1.29, 1.82) is 0 Å². The van der Waals surface area contributed by atoms with E-state index in [0.717, 1.165) is 6.20 Å². The SMILES string of the molecule is Nc1[nH]ncc1S(=O)(=O)NC1CCCS(=O)(=O)C1. The Balaban J connectivity index is 2.17. The van der Waals surface area contributed by atoms with Gasteiger partial charge < -0.3 is 5.73 Å². The number of nitrogens with two attached hydrogens (primary N) is 1. The van der Waals surface area contributed by atoms with Crippen LogP contribution in [0.1, 0.15) is 12.8 Å². The van der Waals surface area contributed by atoms with Gasteiger partial charge in [-0.2, -0.15) is 5.10 Å². The van der Waals surface area contributed by atoms with Gasteiger partial charge in [0.1, 0.15) is 10.7 Å². The molecule has 2 rings (SSSR count). The van der Waals surface area contributed by atoms with Crippen LogP contribution in [0.5, 0.6) is 0 Å². The molecule has 2 heterocycles. The molecule has 0 aliphatic carbocycles. The number of aromatic amines is 1. The highest BCUT2D eigenvalue weighted by Crippen LogP contribution is 2.18. The fraction of sp³-hybridized carbons (Fsp3) is 0.625. The van der Waals surface area contributed by atoms with Crippen molar-refractivity contribution in [3.05, 3.63) is 6.20 Å². The molecule has 0 bridgehead atoms. The minimum atomic E-state index is -3.83. The molecule has 1 aliphatic heterocycles. The van der Waals surface area contributed by atoms with Crippen molar-refractivity contribution in [3.8, 4) is 0 Å². The van der Waals surface area contributed by atoms with Crippen LogP contribution in [0.2, 0.25) is 0 Å². The smallest absolute Gasteiger partial charge is 0.246 e. The van der Waals surface area contributed by atoms with Crippen LogP contribution < -0.4 is 10.5 Å². The minimum absolute atomic E-state index is 0.0684. The molecule has 10 heteroatoms. The van der Waals surface area contributed by atoms with Gasteiger partial charge in [-0.1, -0.05) is 0 Å². The van der Waals surface area contributed by atoms with Gasteiger partial charge in [0.25, 0.3) is 0 Å². The van der Waals surface area contributed by atoms with Crippen molar-refractivity contribution in [1.82, 2.24) is 14.9 Å². The molecule has 102 valence electrons. The van der Waals surface area contributed by atoms with Crippen LogP contribution in [0.15, 0.2) is 11.1 Å². The molecule has 1 aliphatic rings. The van der Waals surface area contributed by atoms with E-state index in [0.29, 0.717) is 12.8 Å². The van der Waals surface area contributed by atoms with Crippen molar-refractivity contribution in [3.63, 3.8) is 0 Å². The largest absolute Gasteiger partial charge is 0.383 e. The van der Waals surface area contributed by atoms with Gasteiger partial charge in [-0.05, 0) is 12.8 Å². The Labute approximate surface area is 105 Å². The Hall–Kier alpha value is -1.13. The van der Waals surface area contributed by atoms with Crippen LogP contribution in [0.25, 0.3) is 0 Å². The van der Waals surface area contributed by atoms with Crippen molar-refractivity contribution < 1.29 is 16.8 Å². The Bertz CT molecular complexity index is 634. The van der Waals surface area contributed by atoms with E-state index in [1.807, 2.05) is 0 Å². The average Bonchev–Trinajstić information content (AvgIpc) is 2.62. The molecule has 1 aromatic heterocycles. The second-order valence-corrected chi connectivity index (χ2v) is 8.13. The maximum absolute atomic E-state index is 11.9. The first kappa shape index (κ1) is 13.3. The Morgan fingerprint density at radius 3 is 2.78 bits per heavy atom. The molecule has 1 unspecified atom stereocenters. The number of nitrogens with zero attached hydrogens (tertiary/aromatic N) is 1. The van der Waals surface area contributed by atoms with Crippen LogP contribution in [0, 0.1) is 0 Å². The lowest BCUT2D eigenvalue weighted by atomic mass is 10.2. The third-order valence-corrected chi connectivity index (χ3v) is 6.08. The molecule has 8 nitrogen and oxygen atoms in total. The van der Waals surface area contributed by atoms with Crippen LogP contribution in [-0.4, -0.2) is 44.6 Å². The Morgan fingerprint density at radius 2 is 2.22 bits per heavy atom. The number of rotatable bonds is 3. The number of nitrogens with one attached hydrogen (secondary N) is 2. The summed E-state index contributed by atoms with van der Waals surface area (Å²) in [7, 11) is -7.00. The number of hydrogen-bond acceptors (Lipinski definition) is 6. The first-order valence-corrected chi connectivity index (χ1v) is 8.62. The molecule has 0 radical (unpaired) electrons. The molecular weight excluding hydrogens is 280 g/mol. The second-order valence-electron chi connectivity index (χ2n) is 4.22. The zero-order valence-corrected chi connectivity index (χ0v) is 11.1. The maximum atomic E-state index is 11.9. The van der Waals surface area contributed by atoms with E-state index in [1.165, 1.54) is 0 Å². The second kappa shape index (κ2) is 4.52. The van der Waals surface area contributed by atoms with E-state index in [9.17, 15) is 16.8 Å². The third kappa shape index (κ3) is 2.82. The van der Waals surface area contributed by atoms with Crippen molar-refractivity contribution in [2.24, 2.45) is 0 Å². The fourth-order valence-electron chi connectivity index (χ4n) is 1.90. The molecular formula is C8H14N4O4S2. The van der Waals surface area contributed by atoms with Crippen LogP contribution >= 0.6 is 0 Å². The Morgan fingerprint density at radius 1 is 1.50 bits per heavy atom. The van der Waals surface area contributed by atoms with Gasteiger partial charge in [0.2, 0.25) is 10.0 Å². The maximum Gasteiger partial charge on any atom is 0.246 e. The molecule has 0 saturated carbocycles. The lowest BCUT2D eigenvalue weighted by molar-refractivity contribution is 0.517. The van der Waals surface area contributed by atoms with E-state index in [2.05, 4.69) is 14.9 Å². The number of aromatic nitrogens is 2. The predicted molar refractivity (Wildman–Crippen MR) is 65.0 cm³/mol. The monoisotopic (exact) mass is 294 g/mol. The van der Waals surface area contributed by atoms with Gasteiger partial charge in [0.05, 0.1) is 17.7 Å². The lowest BCUT2D eigenvalue weighted by Gasteiger charge is -2.22. The molecule has 0 aromatic carbocycles. The summed E-state index contributed by atoms with van der Waals surface area (Å²) < 4.78 is 49.1.